The Labute approximate surface area is 283 Å². The zero-order valence-corrected chi connectivity index (χ0v) is 28.6. The van der Waals surface area contributed by atoms with Crippen molar-refractivity contribution < 1.29 is 0 Å². The number of hydrogen-bond acceptors (Lipinski definition) is 2. The zero-order valence-electron chi connectivity index (χ0n) is 28.6. The van der Waals surface area contributed by atoms with Crippen molar-refractivity contribution in [3.63, 3.8) is 0 Å². The molecule has 0 aliphatic carbocycles. The predicted molar refractivity (Wildman–Crippen MR) is 205 cm³/mol. The van der Waals surface area contributed by atoms with Crippen LogP contribution in [0.5, 0.6) is 0 Å². The summed E-state index contributed by atoms with van der Waals surface area (Å²) in [5, 5.41) is 7.74. The van der Waals surface area contributed by atoms with Gasteiger partial charge in [0, 0.05) is 23.8 Å². The molecule has 2 nitrogen and oxygen atoms in total. The largest absolute Gasteiger partial charge is 0.261 e. The third-order valence-corrected chi connectivity index (χ3v) is 10.1. The van der Waals surface area contributed by atoms with E-state index in [0.29, 0.717) is 11.8 Å². The van der Waals surface area contributed by atoms with Crippen LogP contribution >= 0.6 is 0 Å². The van der Waals surface area contributed by atoms with Crippen molar-refractivity contribution >= 4 is 32.3 Å². The van der Waals surface area contributed by atoms with Gasteiger partial charge in [0.05, 0.1) is 0 Å². The maximum atomic E-state index is 4.76. The summed E-state index contributed by atoms with van der Waals surface area (Å²) in [6, 6.07) is 40.7. The second-order valence-corrected chi connectivity index (χ2v) is 13.9. The molecular formula is C46H40N2. The van der Waals surface area contributed by atoms with Crippen LogP contribution in [0.2, 0.25) is 0 Å². The summed E-state index contributed by atoms with van der Waals surface area (Å²) in [4.78, 5) is 9.46. The van der Waals surface area contributed by atoms with E-state index in [1.807, 2.05) is 12.4 Å². The van der Waals surface area contributed by atoms with Crippen molar-refractivity contribution in [3.05, 3.63) is 144 Å². The van der Waals surface area contributed by atoms with Gasteiger partial charge < -0.3 is 0 Å². The van der Waals surface area contributed by atoms with Crippen LogP contribution in [0.15, 0.2) is 122 Å². The smallest absolute Gasteiger partial charge is 0.0435 e. The first kappa shape index (κ1) is 30.0. The van der Waals surface area contributed by atoms with Gasteiger partial charge in [0.15, 0.2) is 0 Å². The molecule has 2 heteroatoms. The highest BCUT2D eigenvalue weighted by atomic mass is 14.7. The van der Waals surface area contributed by atoms with Gasteiger partial charge in [0.2, 0.25) is 0 Å². The van der Waals surface area contributed by atoms with Gasteiger partial charge in [-0.2, -0.15) is 0 Å². The van der Waals surface area contributed by atoms with Crippen LogP contribution in [0.4, 0.5) is 0 Å². The van der Waals surface area contributed by atoms with Gasteiger partial charge in [-0.1, -0.05) is 100 Å². The van der Waals surface area contributed by atoms with Crippen molar-refractivity contribution in [2.45, 2.75) is 53.4 Å². The molecular weight excluding hydrogens is 581 g/mol. The van der Waals surface area contributed by atoms with E-state index in [1.165, 1.54) is 88.0 Å². The van der Waals surface area contributed by atoms with Crippen molar-refractivity contribution in [2.24, 2.45) is 0 Å². The van der Waals surface area contributed by atoms with Crippen LogP contribution in [0, 0.1) is 13.8 Å². The maximum absolute atomic E-state index is 4.76. The zero-order chi connectivity index (χ0) is 33.1. The molecule has 234 valence electrons. The topological polar surface area (TPSA) is 25.8 Å². The molecule has 0 bridgehead atoms. The number of hydrogen-bond donors (Lipinski definition) is 0. The van der Waals surface area contributed by atoms with Crippen molar-refractivity contribution in [3.8, 4) is 44.5 Å². The third-order valence-electron chi connectivity index (χ3n) is 10.1. The average molecular weight is 621 g/mol. The van der Waals surface area contributed by atoms with Gasteiger partial charge in [0.25, 0.3) is 0 Å². The lowest BCUT2D eigenvalue weighted by atomic mass is 9.80. The Kier molecular flexibility index (Phi) is 7.33. The van der Waals surface area contributed by atoms with E-state index in [4.69, 9.17) is 9.97 Å². The Hall–Kier alpha value is -5.34. The molecule has 8 rings (SSSR count). The Morgan fingerprint density at radius 1 is 0.417 bits per heavy atom. The number of pyridine rings is 2. The van der Waals surface area contributed by atoms with Crippen molar-refractivity contribution in [1.82, 2.24) is 9.97 Å². The van der Waals surface area contributed by atoms with Crippen LogP contribution < -0.4 is 0 Å². The minimum absolute atomic E-state index is 0.335. The fraction of sp³-hybridized carbons (Fsp3) is 0.174. The normalized spacial score (nSPS) is 11.9. The number of nitrogens with zero attached hydrogens (tertiary/aromatic N) is 2. The van der Waals surface area contributed by atoms with Gasteiger partial charge in [-0.3, -0.25) is 9.97 Å². The van der Waals surface area contributed by atoms with E-state index < -0.39 is 0 Å². The van der Waals surface area contributed by atoms with E-state index in [9.17, 15) is 0 Å². The van der Waals surface area contributed by atoms with E-state index in [-0.39, 0.29) is 0 Å². The highest BCUT2D eigenvalue weighted by Crippen LogP contribution is 2.49. The maximum Gasteiger partial charge on any atom is 0.0435 e. The second-order valence-electron chi connectivity index (χ2n) is 13.9. The summed E-state index contributed by atoms with van der Waals surface area (Å²) in [6.45, 7) is 13.3. The summed E-state index contributed by atoms with van der Waals surface area (Å²) in [5.41, 5.74) is 14.8. The molecule has 2 heterocycles. The van der Waals surface area contributed by atoms with E-state index in [2.05, 4.69) is 151 Å². The lowest BCUT2D eigenvalue weighted by Crippen LogP contribution is -1.97. The Morgan fingerprint density at radius 3 is 1.56 bits per heavy atom. The van der Waals surface area contributed by atoms with Crippen LogP contribution in [0.25, 0.3) is 76.8 Å². The molecule has 0 aliphatic rings. The molecule has 48 heavy (non-hydrogen) atoms. The monoisotopic (exact) mass is 620 g/mol. The average Bonchev–Trinajstić information content (AvgIpc) is 3.11. The molecule has 0 saturated carbocycles. The number of rotatable bonds is 6. The minimum atomic E-state index is 0.335. The SMILES string of the molecule is Cc1cccc(C)c1-c1cc(-c2ccnc(C(C)C)c2)c2cc(-c3ccccc3)c3ccc(-c4ccnc(C(C)C)c4)c4ccc1c2c43. The van der Waals surface area contributed by atoms with E-state index in [1.54, 1.807) is 0 Å². The Balaban J connectivity index is 1.58. The predicted octanol–water partition coefficient (Wildman–Crippen LogP) is 12.9. The molecule has 0 fully saturated rings. The van der Waals surface area contributed by atoms with Crippen LogP contribution in [0.1, 0.15) is 62.0 Å². The second kappa shape index (κ2) is 11.7. The van der Waals surface area contributed by atoms with Gasteiger partial charge in [-0.15, -0.1) is 0 Å². The molecule has 0 saturated heterocycles. The van der Waals surface area contributed by atoms with Crippen LogP contribution in [-0.2, 0) is 0 Å². The standard InChI is InChI=1S/C46H40N2/c1-27(2)42-23-32(19-21-47-42)34-15-16-36-38(31-13-8-7-9-14-31)25-41-39(33-20-22-48-43(24-33)28(3)4)26-40(44-29(5)11-10-12-30(44)6)37-18-17-35(34)45(36)46(37)41/h7-28H,1-6H3. The van der Waals surface area contributed by atoms with Crippen LogP contribution in [0.3, 0.4) is 0 Å². The summed E-state index contributed by atoms with van der Waals surface area (Å²) in [5.74, 6) is 0.689. The van der Waals surface area contributed by atoms with Crippen molar-refractivity contribution in [1.29, 1.82) is 0 Å². The molecule has 0 aliphatic heterocycles. The molecule has 0 radical (unpaired) electrons. The first-order valence-electron chi connectivity index (χ1n) is 17.1. The van der Waals surface area contributed by atoms with E-state index >= 15 is 0 Å². The molecule has 0 unspecified atom stereocenters. The van der Waals surface area contributed by atoms with E-state index in [0.717, 1.165) is 11.4 Å². The lowest BCUT2D eigenvalue weighted by molar-refractivity contribution is 0.823. The first-order chi connectivity index (χ1) is 23.3. The number of benzene rings is 6. The van der Waals surface area contributed by atoms with Gasteiger partial charge in [-0.25, -0.2) is 0 Å². The first-order valence-corrected chi connectivity index (χ1v) is 17.1. The summed E-state index contributed by atoms with van der Waals surface area (Å²) >= 11 is 0. The number of aryl methyl sites for hydroxylation is 2. The van der Waals surface area contributed by atoms with Crippen molar-refractivity contribution in [2.75, 3.05) is 0 Å². The summed E-state index contributed by atoms with van der Waals surface area (Å²) < 4.78 is 0. The Morgan fingerprint density at radius 2 is 0.938 bits per heavy atom. The number of aromatic nitrogens is 2. The molecule has 0 amide bonds. The summed E-state index contributed by atoms with van der Waals surface area (Å²) in [6.07, 6.45) is 3.94. The molecule has 2 aromatic heterocycles. The Bertz CT molecular complexity index is 2450. The fourth-order valence-electron chi connectivity index (χ4n) is 7.64. The highest BCUT2D eigenvalue weighted by molar-refractivity contribution is 6.32. The molecule has 6 aromatic carbocycles. The summed E-state index contributed by atoms with van der Waals surface area (Å²) in [7, 11) is 0. The minimum Gasteiger partial charge on any atom is -0.261 e. The lowest BCUT2D eigenvalue weighted by Gasteiger charge is -2.23. The van der Waals surface area contributed by atoms with Gasteiger partial charge in [-0.05, 0) is 150 Å². The highest BCUT2D eigenvalue weighted by Gasteiger charge is 2.22. The molecule has 0 atom stereocenters. The van der Waals surface area contributed by atoms with Gasteiger partial charge in [0.1, 0.15) is 0 Å². The molecule has 0 spiro atoms. The molecule has 0 N–H and O–H groups in total. The van der Waals surface area contributed by atoms with Gasteiger partial charge >= 0.3 is 0 Å². The third kappa shape index (κ3) is 4.86. The quantitative estimate of drug-likeness (QED) is 0.173. The molecule has 8 aromatic rings. The van der Waals surface area contributed by atoms with Crippen LogP contribution in [-0.4, -0.2) is 9.97 Å². The fourth-order valence-corrected chi connectivity index (χ4v) is 7.64.